The van der Waals surface area contributed by atoms with Gasteiger partial charge in [-0.05, 0) is 44.9 Å². The summed E-state index contributed by atoms with van der Waals surface area (Å²) in [7, 11) is 0. The monoisotopic (exact) mass is 368 g/mol. The highest BCUT2D eigenvalue weighted by Gasteiger charge is 2.22. The van der Waals surface area contributed by atoms with Gasteiger partial charge in [-0.25, -0.2) is 4.79 Å². The third-order valence-corrected chi connectivity index (χ3v) is 5.84. The molecule has 1 heterocycles. The molecule has 2 aromatic rings. The average Bonchev–Trinajstić information content (AvgIpc) is 2.51. The van der Waals surface area contributed by atoms with Gasteiger partial charge in [-0.3, -0.25) is 9.05 Å². The molecule has 0 N–H and O–H groups in total. The minimum absolute atomic E-state index is 0.369. The highest BCUT2D eigenvalue weighted by molar-refractivity contribution is 8.07. The lowest BCUT2D eigenvalue weighted by Gasteiger charge is -2.21. The summed E-state index contributed by atoms with van der Waals surface area (Å²) in [6, 6.07) is 5.25. The first-order valence-corrected chi connectivity index (χ1v) is 10.3. The van der Waals surface area contributed by atoms with Gasteiger partial charge in [0.25, 0.3) is 0 Å². The number of benzene rings is 1. The molecule has 0 radical (unpaired) electrons. The van der Waals surface area contributed by atoms with Gasteiger partial charge >= 0.3 is 12.3 Å². The second-order valence-electron chi connectivity index (χ2n) is 5.02. The number of allylic oxidation sites excluding steroid dienone is 1. The van der Waals surface area contributed by atoms with E-state index in [1.165, 1.54) is 0 Å². The van der Waals surface area contributed by atoms with E-state index in [0.717, 1.165) is 10.9 Å². The Hall–Kier alpha value is -1.46. The SMILES string of the molecule is C=CCc1c(C)c2ccc(OP(=S)(OCC)OCC)cc2oc1=O. The first-order chi connectivity index (χ1) is 11.4. The summed E-state index contributed by atoms with van der Waals surface area (Å²) in [5.41, 5.74) is 1.56. The van der Waals surface area contributed by atoms with Crippen LogP contribution >= 0.6 is 6.72 Å². The molecule has 24 heavy (non-hydrogen) atoms. The first kappa shape index (κ1) is 18.9. The largest absolute Gasteiger partial charge is 0.424 e. The van der Waals surface area contributed by atoms with Gasteiger partial charge in [0.15, 0.2) is 0 Å². The van der Waals surface area contributed by atoms with Crippen LogP contribution in [-0.4, -0.2) is 13.2 Å². The maximum absolute atomic E-state index is 12.1. The van der Waals surface area contributed by atoms with E-state index in [1.54, 1.807) is 18.2 Å². The van der Waals surface area contributed by atoms with Crippen molar-refractivity contribution in [2.24, 2.45) is 0 Å². The lowest BCUT2D eigenvalue weighted by Crippen LogP contribution is -2.09. The van der Waals surface area contributed by atoms with E-state index in [-0.39, 0.29) is 5.63 Å². The normalized spacial score (nSPS) is 11.6. The first-order valence-electron chi connectivity index (χ1n) is 7.70. The van der Waals surface area contributed by atoms with Crippen molar-refractivity contribution in [2.45, 2.75) is 27.2 Å². The highest BCUT2D eigenvalue weighted by Crippen LogP contribution is 2.50. The standard InChI is InChI=1S/C17H21O5PS/c1-5-8-15-12(4)14-10-9-13(11-16(14)21-17(15)18)22-23(24,19-6-2)20-7-3/h5,9-11H,1,6-8H2,2-4H3. The summed E-state index contributed by atoms with van der Waals surface area (Å²) in [5, 5.41) is 0.847. The van der Waals surface area contributed by atoms with Crippen LogP contribution in [0.3, 0.4) is 0 Å². The van der Waals surface area contributed by atoms with Gasteiger partial charge in [0.2, 0.25) is 0 Å². The van der Waals surface area contributed by atoms with Crippen molar-refractivity contribution in [2.75, 3.05) is 13.2 Å². The Labute approximate surface area is 146 Å². The molecular weight excluding hydrogens is 347 g/mol. The van der Waals surface area contributed by atoms with E-state index in [0.29, 0.717) is 36.5 Å². The average molecular weight is 368 g/mol. The third-order valence-electron chi connectivity index (χ3n) is 3.40. The number of hydrogen-bond donors (Lipinski definition) is 0. The number of fused-ring (bicyclic) bond motifs is 1. The second-order valence-corrected chi connectivity index (χ2v) is 7.95. The number of hydrogen-bond acceptors (Lipinski definition) is 6. The van der Waals surface area contributed by atoms with E-state index in [1.807, 2.05) is 26.8 Å². The van der Waals surface area contributed by atoms with Crippen LogP contribution in [-0.2, 0) is 27.3 Å². The Morgan fingerprint density at radius 3 is 2.54 bits per heavy atom. The number of rotatable bonds is 8. The summed E-state index contributed by atoms with van der Waals surface area (Å²) < 4.78 is 22.1. The molecule has 0 aliphatic heterocycles. The van der Waals surface area contributed by atoms with Crippen LogP contribution in [0.1, 0.15) is 25.0 Å². The Kier molecular flexibility index (Phi) is 6.35. The second kappa shape index (κ2) is 8.08. The summed E-state index contributed by atoms with van der Waals surface area (Å²) in [5.74, 6) is 0.451. The molecule has 0 spiro atoms. The topological polar surface area (TPSA) is 57.9 Å². The molecule has 0 atom stereocenters. The van der Waals surface area contributed by atoms with E-state index in [4.69, 9.17) is 29.8 Å². The predicted molar refractivity (Wildman–Crippen MR) is 99.3 cm³/mol. The minimum Gasteiger partial charge on any atom is -0.424 e. The van der Waals surface area contributed by atoms with Crippen molar-refractivity contribution >= 4 is 29.5 Å². The van der Waals surface area contributed by atoms with Crippen molar-refractivity contribution in [1.29, 1.82) is 0 Å². The maximum Gasteiger partial charge on any atom is 0.380 e. The van der Waals surface area contributed by atoms with E-state index < -0.39 is 6.72 Å². The summed E-state index contributed by atoms with van der Waals surface area (Å²) in [6.45, 7) is 7.14. The van der Waals surface area contributed by atoms with Gasteiger partial charge in [0.05, 0.1) is 13.2 Å². The molecular formula is C17H21O5PS. The van der Waals surface area contributed by atoms with Gasteiger partial charge in [-0.1, -0.05) is 6.08 Å². The smallest absolute Gasteiger partial charge is 0.380 e. The number of aryl methyl sites for hydroxylation is 1. The van der Waals surface area contributed by atoms with Crippen LogP contribution in [0.5, 0.6) is 5.75 Å². The van der Waals surface area contributed by atoms with Gasteiger partial charge in [0.1, 0.15) is 11.3 Å². The maximum atomic E-state index is 12.1. The fourth-order valence-corrected chi connectivity index (χ4v) is 4.42. The molecule has 1 aromatic heterocycles. The van der Waals surface area contributed by atoms with Gasteiger partial charge in [0, 0.05) is 28.8 Å². The summed E-state index contributed by atoms with van der Waals surface area (Å²) in [6.07, 6.45) is 2.15. The van der Waals surface area contributed by atoms with Gasteiger partial charge in [-0.2, -0.15) is 0 Å². The molecule has 0 aliphatic rings. The van der Waals surface area contributed by atoms with E-state index in [9.17, 15) is 4.79 Å². The minimum atomic E-state index is -2.86. The molecule has 0 bridgehead atoms. The fraction of sp³-hybridized carbons (Fsp3) is 0.353. The quantitative estimate of drug-likeness (QED) is 0.388. The van der Waals surface area contributed by atoms with E-state index in [2.05, 4.69) is 6.58 Å². The van der Waals surface area contributed by atoms with Crippen LogP contribution < -0.4 is 10.1 Å². The Bertz CT molecular complexity index is 833. The van der Waals surface area contributed by atoms with Crippen molar-refractivity contribution in [1.82, 2.24) is 0 Å². The molecule has 5 nitrogen and oxygen atoms in total. The van der Waals surface area contributed by atoms with Crippen LogP contribution in [0.15, 0.2) is 40.1 Å². The van der Waals surface area contributed by atoms with E-state index >= 15 is 0 Å². The van der Waals surface area contributed by atoms with Crippen molar-refractivity contribution in [3.63, 3.8) is 0 Å². The van der Waals surface area contributed by atoms with Crippen LogP contribution in [0.4, 0.5) is 0 Å². The van der Waals surface area contributed by atoms with Crippen LogP contribution in [0, 0.1) is 6.92 Å². The molecule has 0 saturated heterocycles. The fourth-order valence-electron chi connectivity index (χ4n) is 2.35. The molecule has 1 aromatic carbocycles. The van der Waals surface area contributed by atoms with Crippen molar-refractivity contribution in [3.05, 3.63) is 52.4 Å². The molecule has 130 valence electrons. The van der Waals surface area contributed by atoms with Crippen molar-refractivity contribution < 1.29 is 18.0 Å². The molecule has 2 rings (SSSR count). The Balaban J connectivity index is 2.45. The lowest BCUT2D eigenvalue weighted by atomic mass is 10.0. The van der Waals surface area contributed by atoms with Crippen LogP contribution in [0.25, 0.3) is 11.0 Å². The molecule has 0 saturated carbocycles. The zero-order chi connectivity index (χ0) is 17.7. The molecule has 0 amide bonds. The summed E-state index contributed by atoms with van der Waals surface area (Å²) in [4.78, 5) is 12.1. The summed E-state index contributed by atoms with van der Waals surface area (Å²) >= 11 is 5.35. The lowest BCUT2D eigenvalue weighted by molar-refractivity contribution is 0.218. The van der Waals surface area contributed by atoms with Gasteiger partial charge < -0.3 is 8.94 Å². The zero-order valence-corrected chi connectivity index (χ0v) is 15.7. The molecule has 0 fully saturated rings. The third kappa shape index (κ3) is 4.14. The van der Waals surface area contributed by atoms with Crippen LogP contribution in [0.2, 0.25) is 0 Å². The highest BCUT2D eigenvalue weighted by atomic mass is 32.5. The Morgan fingerprint density at radius 2 is 1.96 bits per heavy atom. The zero-order valence-electron chi connectivity index (χ0n) is 14.0. The molecule has 0 aliphatic carbocycles. The molecule has 7 heteroatoms. The van der Waals surface area contributed by atoms with Crippen molar-refractivity contribution in [3.8, 4) is 5.75 Å². The van der Waals surface area contributed by atoms with Gasteiger partial charge in [-0.15, -0.1) is 6.58 Å². The molecule has 0 unspecified atom stereocenters. The predicted octanol–water partition coefficient (Wildman–Crippen LogP) is 4.51. The Morgan fingerprint density at radius 1 is 1.29 bits per heavy atom.